The zero-order valence-electron chi connectivity index (χ0n) is 12.0. The van der Waals surface area contributed by atoms with Gasteiger partial charge in [-0.25, -0.2) is 0 Å². The Labute approximate surface area is 106 Å². The number of hydrogen-bond donors (Lipinski definition) is 1. The summed E-state index contributed by atoms with van der Waals surface area (Å²) < 4.78 is 16.2. The van der Waals surface area contributed by atoms with Crippen LogP contribution in [0.3, 0.4) is 0 Å². The first kappa shape index (κ1) is 16.8. The molecule has 4 nitrogen and oxygen atoms in total. The molecule has 0 fully saturated rings. The topological polar surface area (TPSA) is 39.7 Å². The van der Waals surface area contributed by atoms with E-state index in [1.54, 1.807) is 14.2 Å². The van der Waals surface area contributed by atoms with Crippen molar-refractivity contribution in [2.24, 2.45) is 0 Å². The van der Waals surface area contributed by atoms with Crippen molar-refractivity contribution in [3.63, 3.8) is 0 Å². The van der Waals surface area contributed by atoms with Gasteiger partial charge < -0.3 is 19.5 Å². The lowest BCUT2D eigenvalue weighted by Crippen LogP contribution is -2.51. The van der Waals surface area contributed by atoms with Gasteiger partial charge in [-0.1, -0.05) is 6.92 Å². The maximum atomic E-state index is 5.66. The smallest absolute Gasteiger partial charge is 0.0797 e. The highest BCUT2D eigenvalue weighted by molar-refractivity contribution is 4.85. The summed E-state index contributed by atoms with van der Waals surface area (Å²) in [7, 11) is 3.45. The fourth-order valence-corrected chi connectivity index (χ4v) is 1.47. The van der Waals surface area contributed by atoms with Crippen LogP contribution in [0.15, 0.2) is 0 Å². The van der Waals surface area contributed by atoms with E-state index in [0.29, 0.717) is 6.61 Å². The summed E-state index contributed by atoms with van der Waals surface area (Å²) in [6.45, 7) is 9.46. The van der Waals surface area contributed by atoms with E-state index in [4.69, 9.17) is 14.2 Å². The van der Waals surface area contributed by atoms with Crippen molar-refractivity contribution in [2.45, 2.75) is 45.3 Å². The van der Waals surface area contributed by atoms with Gasteiger partial charge in [-0.05, 0) is 33.2 Å². The van der Waals surface area contributed by atoms with E-state index in [1.807, 2.05) is 0 Å². The molecule has 0 rings (SSSR count). The molecule has 0 aromatic rings. The van der Waals surface area contributed by atoms with Gasteiger partial charge in [0.1, 0.15) is 0 Å². The summed E-state index contributed by atoms with van der Waals surface area (Å²) in [5.41, 5.74) is -0.212. The van der Waals surface area contributed by atoms with Gasteiger partial charge in [0, 0.05) is 27.4 Å². The average molecular weight is 247 g/mol. The number of methoxy groups -OCH3 is 2. The van der Waals surface area contributed by atoms with Crippen molar-refractivity contribution in [3.05, 3.63) is 0 Å². The van der Waals surface area contributed by atoms with Crippen LogP contribution in [-0.2, 0) is 14.2 Å². The van der Waals surface area contributed by atoms with E-state index in [2.05, 4.69) is 26.1 Å². The van der Waals surface area contributed by atoms with Gasteiger partial charge in [0.05, 0.1) is 18.2 Å². The van der Waals surface area contributed by atoms with Gasteiger partial charge in [-0.3, -0.25) is 0 Å². The van der Waals surface area contributed by atoms with Gasteiger partial charge >= 0.3 is 0 Å². The van der Waals surface area contributed by atoms with Gasteiger partial charge in [0.25, 0.3) is 0 Å². The van der Waals surface area contributed by atoms with Crippen LogP contribution in [-0.4, -0.2) is 52.2 Å². The molecule has 0 aliphatic rings. The molecule has 17 heavy (non-hydrogen) atoms. The SMILES string of the molecule is CCCNC(COCCCOC)C(C)(C)OC. The summed E-state index contributed by atoms with van der Waals surface area (Å²) in [6.07, 6.45) is 2.05. The quantitative estimate of drug-likeness (QED) is 0.565. The molecule has 0 bridgehead atoms. The Bertz CT molecular complexity index is 174. The Morgan fingerprint density at radius 3 is 2.41 bits per heavy atom. The first-order valence-corrected chi connectivity index (χ1v) is 6.43. The summed E-state index contributed by atoms with van der Waals surface area (Å²) in [4.78, 5) is 0. The third-order valence-corrected chi connectivity index (χ3v) is 2.93. The van der Waals surface area contributed by atoms with Crippen molar-refractivity contribution >= 4 is 0 Å². The van der Waals surface area contributed by atoms with Crippen LogP contribution in [0.2, 0.25) is 0 Å². The number of rotatable bonds is 11. The van der Waals surface area contributed by atoms with Gasteiger partial charge in [-0.2, -0.15) is 0 Å². The Hall–Kier alpha value is -0.160. The van der Waals surface area contributed by atoms with Crippen LogP contribution >= 0.6 is 0 Å². The maximum Gasteiger partial charge on any atom is 0.0797 e. The molecule has 0 saturated carbocycles. The normalized spacial score (nSPS) is 13.9. The fraction of sp³-hybridized carbons (Fsp3) is 1.00. The van der Waals surface area contributed by atoms with Gasteiger partial charge in [0.2, 0.25) is 0 Å². The molecule has 0 aliphatic carbocycles. The molecule has 0 amide bonds. The standard InChI is InChI=1S/C13H29NO3/c1-6-8-14-12(13(2,3)16-5)11-17-10-7-9-15-4/h12,14H,6-11H2,1-5H3. The lowest BCUT2D eigenvalue weighted by molar-refractivity contribution is -0.0399. The fourth-order valence-electron chi connectivity index (χ4n) is 1.47. The molecule has 0 spiro atoms. The third kappa shape index (κ3) is 7.71. The molecule has 0 aromatic heterocycles. The number of hydrogen-bond acceptors (Lipinski definition) is 4. The maximum absolute atomic E-state index is 5.66. The van der Waals surface area contributed by atoms with Crippen LogP contribution in [0.1, 0.15) is 33.6 Å². The Kier molecular flexibility index (Phi) is 9.74. The molecular formula is C13H29NO3. The summed E-state index contributed by atoms with van der Waals surface area (Å²) in [5, 5.41) is 3.47. The first-order chi connectivity index (χ1) is 8.08. The van der Waals surface area contributed by atoms with Crippen LogP contribution in [0.5, 0.6) is 0 Å². The predicted octanol–water partition coefficient (Wildman–Crippen LogP) is 1.83. The zero-order chi connectivity index (χ0) is 13.1. The van der Waals surface area contributed by atoms with E-state index in [1.165, 1.54) is 0 Å². The van der Waals surface area contributed by atoms with Crippen LogP contribution < -0.4 is 5.32 Å². The molecule has 0 radical (unpaired) electrons. The average Bonchev–Trinajstić information content (AvgIpc) is 2.32. The molecule has 1 unspecified atom stereocenters. The Morgan fingerprint density at radius 2 is 1.88 bits per heavy atom. The number of nitrogens with one attached hydrogen (secondary N) is 1. The monoisotopic (exact) mass is 247 g/mol. The zero-order valence-corrected chi connectivity index (χ0v) is 12.0. The van der Waals surface area contributed by atoms with Crippen molar-refractivity contribution in [1.82, 2.24) is 5.32 Å². The van der Waals surface area contributed by atoms with Crippen molar-refractivity contribution in [3.8, 4) is 0 Å². The van der Waals surface area contributed by atoms with E-state index in [-0.39, 0.29) is 11.6 Å². The van der Waals surface area contributed by atoms with Crippen molar-refractivity contribution < 1.29 is 14.2 Å². The minimum absolute atomic E-state index is 0.212. The molecule has 4 heteroatoms. The van der Waals surface area contributed by atoms with E-state index in [0.717, 1.165) is 32.6 Å². The molecule has 104 valence electrons. The minimum atomic E-state index is -0.212. The molecule has 1 atom stereocenters. The van der Waals surface area contributed by atoms with Crippen LogP contribution in [0.25, 0.3) is 0 Å². The lowest BCUT2D eigenvalue weighted by Gasteiger charge is -2.33. The Balaban J connectivity index is 3.93. The van der Waals surface area contributed by atoms with E-state index in [9.17, 15) is 0 Å². The van der Waals surface area contributed by atoms with Crippen LogP contribution in [0, 0.1) is 0 Å². The van der Waals surface area contributed by atoms with Crippen molar-refractivity contribution in [1.29, 1.82) is 0 Å². The molecule has 0 heterocycles. The predicted molar refractivity (Wildman–Crippen MR) is 70.5 cm³/mol. The summed E-state index contributed by atoms with van der Waals surface area (Å²) >= 11 is 0. The molecule has 0 saturated heterocycles. The first-order valence-electron chi connectivity index (χ1n) is 6.43. The number of ether oxygens (including phenoxy) is 3. The van der Waals surface area contributed by atoms with E-state index >= 15 is 0 Å². The summed E-state index contributed by atoms with van der Waals surface area (Å²) in [5.74, 6) is 0. The molecule has 0 aromatic carbocycles. The second-order valence-electron chi connectivity index (χ2n) is 4.74. The minimum Gasteiger partial charge on any atom is -0.385 e. The molecule has 1 N–H and O–H groups in total. The molecule has 0 aliphatic heterocycles. The Morgan fingerprint density at radius 1 is 1.18 bits per heavy atom. The largest absolute Gasteiger partial charge is 0.385 e. The van der Waals surface area contributed by atoms with Gasteiger partial charge in [0.15, 0.2) is 0 Å². The summed E-state index contributed by atoms with van der Waals surface area (Å²) in [6, 6.07) is 0.218. The van der Waals surface area contributed by atoms with E-state index < -0.39 is 0 Å². The lowest BCUT2D eigenvalue weighted by atomic mass is 9.99. The molecular weight excluding hydrogens is 218 g/mol. The highest BCUT2D eigenvalue weighted by Gasteiger charge is 2.28. The second kappa shape index (κ2) is 9.83. The highest BCUT2D eigenvalue weighted by atomic mass is 16.5. The highest BCUT2D eigenvalue weighted by Crippen LogP contribution is 2.14. The third-order valence-electron chi connectivity index (χ3n) is 2.93. The second-order valence-corrected chi connectivity index (χ2v) is 4.74. The van der Waals surface area contributed by atoms with Crippen molar-refractivity contribution in [2.75, 3.05) is 40.6 Å². The van der Waals surface area contributed by atoms with Crippen LogP contribution in [0.4, 0.5) is 0 Å². The van der Waals surface area contributed by atoms with Gasteiger partial charge in [-0.15, -0.1) is 0 Å².